The second-order valence-electron chi connectivity index (χ2n) is 7.54. The SMILES string of the molecule is CCCc1cc(F)c(CCc2cc(F)c(-c3cc(F)c(OC(F)(F)F)c(F)c3)c(F)c2)c(F)c1. The van der Waals surface area contributed by atoms with Gasteiger partial charge in [0.2, 0.25) is 5.75 Å². The third kappa shape index (κ3) is 5.84. The summed E-state index contributed by atoms with van der Waals surface area (Å²) in [5, 5.41) is 0. The Morgan fingerprint density at radius 2 is 1.09 bits per heavy atom. The van der Waals surface area contributed by atoms with Gasteiger partial charge >= 0.3 is 6.36 Å². The van der Waals surface area contributed by atoms with Crippen molar-refractivity contribution in [1.82, 2.24) is 0 Å². The molecule has 0 atom stereocenters. The maximum absolute atomic E-state index is 14.6. The van der Waals surface area contributed by atoms with Gasteiger partial charge < -0.3 is 4.74 Å². The Morgan fingerprint density at radius 3 is 1.56 bits per heavy atom. The van der Waals surface area contributed by atoms with Crippen molar-refractivity contribution in [3.8, 4) is 16.9 Å². The number of ether oxygens (including phenoxy) is 1. The van der Waals surface area contributed by atoms with Gasteiger partial charge in [-0.15, -0.1) is 13.2 Å². The fourth-order valence-corrected chi connectivity index (χ4v) is 3.56. The Labute approximate surface area is 188 Å². The van der Waals surface area contributed by atoms with E-state index in [1.165, 1.54) is 12.1 Å². The van der Waals surface area contributed by atoms with E-state index >= 15 is 0 Å². The number of rotatable bonds is 7. The number of alkyl halides is 3. The van der Waals surface area contributed by atoms with Gasteiger partial charge in [-0.2, -0.15) is 0 Å². The van der Waals surface area contributed by atoms with Gasteiger partial charge in [0.15, 0.2) is 11.6 Å². The molecule has 0 aliphatic carbocycles. The second-order valence-corrected chi connectivity index (χ2v) is 7.54. The highest BCUT2D eigenvalue weighted by Gasteiger charge is 2.34. The van der Waals surface area contributed by atoms with E-state index in [4.69, 9.17) is 0 Å². The number of benzene rings is 3. The minimum absolute atomic E-state index is 0.00755. The van der Waals surface area contributed by atoms with Crippen LogP contribution in [0.2, 0.25) is 0 Å². The third-order valence-electron chi connectivity index (χ3n) is 5.01. The molecule has 0 heterocycles. The zero-order valence-corrected chi connectivity index (χ0v) is 17.6. The fraction of sp³-hybridized carbons (Fsp3) is 0.250. The molecule has 0 unspecified atom stereocenters. The van der Waals surface area contributed by atoms with Crippen LogP contribution in [0.4, 0.5) is 39.5 Å². The molecule has 0 saturated heterocycles. The molecule has 0 N–H and O–H groups in total. The second kappa shape index (κ2) is 9.99. The summed E-state index contributed by atoms with van der Waals surface area (Å²) >= 11 is 0. The lowest BCUT2D eigenvalue weighted by atomic mass is 9.97. The average Bonchev–Trinajstić information content (AvgIpc) is 2.69. The molecule has 34 heavy (non-hydrogen) atoms. The van der Waals surface area contributed by atoms with E-state index in [-0.39, 0.29) is 24.0 Å². The third-order valence-corrected chi connectivity index (χ3v) is 5.01. The highest BCUT2D eigenvalue weighted by atomic mass is 19.4. The summed E-state index contributed by atoms with van der Waals surface area (Å²) in [4.78, 5) is 0. The molecule has 0 saturated carbocycles. The molecule has 0 aliphatic rings. The average molecular weight is 492 g/mol. The Bertz CT molecular complexity index is 1130. The van der Waals surface area contributed by atoms with Gasteiger partial charge in [0.05, 0.1) is 5.56 Å². The highest BCUT2D eigenvalue weighted by Crippen LogP contribution is 2.35. The topological polar surface area (TPSA) is 9.23 Å². The molecule has 3 aromatic carbocycles. The van der Waals surface area contributed by atoms with E-state index in [0.717, 1.165) is 12.1 Å². The quantitative estimate of drug-likeness (QED) is 0.306. The van der Waals surface area contributed by atoms with Gasteiger partial charge in [-0.3, -0.25) is 0 Å². The number of hydrogen-bond acceptors (Lipinski definition) is 1. The van der Waals surface area contributed by atoms with Crippen molar-refractivity contribution in [2.24, 2.45) is 0 Å². The van der Waals surface area contributed by atoms with Gasteiger partial charge in [0.25, 0.3) is 0 Å². The molecule has 3 rings (SSSR count). The smallest absolute Gasteiger partial charge is 0.399 e. The van der Waals surface area contributed by atoms with Crippen molar-refractivity contribution in [1.29, 1.82) is 0 Å². The van der Waals surface area contributed by atoms with Crippen LogP contribution < -0.4 is 4.74 Å². The van der Waals surface area contributed by atoms with Crippen LogP contribution in [0.25, 0.3) is 11.1 Å². The minimum atomic E-state index is -5.38. The van der Waals surface area contributed by atoms with Crippen LogP contribution in [0.3, 0.4) is 0 Å². The first-order valence-corrected chi connectivity index (χ1v) is 10.1. The molecular formula is C24H17F9O. The normalized spacial score (nSPS) is 11.7. The zero-order chi connectivity index (χ0) is 25.2. The molecule has 10 heteroatoms. The van der Waals surface area contributed by atoms with E-state index in [9.17, 15) is 39.5 Å². The lowest BCUT2D eigenvalue weighted by Gasteiger charge is -2.13. The van der Waals surface area contributed by atoms with Gasteiger partial charge in [0, 0.05) is 5.56 Å². The number of halogens is 9. The van der Waals surface area contributed by atoms with Crippen LogP contribution in [-0.4, -0.2) is 6.36 Å². The zero-order valence-electron chi connectivity index (χ0n) is 17.6. The number of hydrogen-bond donors (Lipinski definition) is 0. The monoisotopic (exact) mass is 492 g/mol. The Morgan fingerprint density at radius 1 is 0.618 bits per heavy atom. The summed E-state index contributed by atoms with van der Waals surface area (Å²) in [7, 11) is 0. The molecule has 182 valence electrons. The van der Waals surface area contributed by atoms with Crippen molar-refractivity contribution in [2.75, 3.05) is 0 Å². The standard InChI is InChI=1S/C24H17F9O/c1-2-3-12-6-16(25)15(17(26)7-12)5-4-13-8-18(27)22(19(28)9-13)14-10-20(29)23(21(30)11-14)34-24(31,32)33/h6-11H,2-5H2,1H3. The van der Waals surface area contributed by atoms with Crippen molar-refractivity contribution in [3.05, 3.63) is 88.0 Å². The minimum Gasteiger partial charge on any atom is -0.399 e. The molecule has 0 aliphatic heterocycles. The van der Waals surface area contributed by atoms with E-state index in [1.54, 1.807) is 0 Å². The van der Waals surface area contributed by atoms with Crippen molar-refractivity contribution in [3.63, 3.8) is 0 Å². The summed E-state index contributed by atoms with van der Waals surface area (Å²) in [6.45, 7) is 1.85. The predicted octanol–water partition coefficient (Wildman–Crippen LogP) is 7.82. The Kier molecular flexibility index (Phi) is 7.48. The summed E-state index contributed by atoms with van der Waals surface area (Å²) < 4.78 is 126. The van der Waals surface area contributed by atoms with E-state index in [0.29, 0.717) is 30.5 Å². The first-order valence-electron chi connectivity index (χ1n) is 10.1. The maximum atomic E-state index is 14.6. The van der Waals surface area contributed by atoms with Crippen molar-refractivity contribution >= 4 is 0 Å². The molecule has 3 aromatic rings. The van der Waals surface area contributed by atoms with Crippen LogP contribution in [0.5, 0.6) is 5.75 Å². The first-order chi connectivity index (χ1) is 15.9. The maximum Gasteiger partial charge on any atom is 0.573 e. The van der Waals surface area contributed by atoms with Crippen molar-refractivity contribution in [2.45, 2.75) is 39.0 Å². The molecule has 0 aromatic heterocycles. The molecule has 0 fully saturated rings. The van der Waals surface area contributed by atoms with Crippen LogP contribution in [0.1, 0.15) is 30.0 Å². The van der Waals surface area contributed by atoms with Crippen molar-refractivity contribution < 1.29 is 44.3 Å². The van der Waals surface area contributed by atoms with Crippen LogP contribution in [-0.2, 0) is 19.3 Å². The van der Waals surface area contributed by atoms with E-state index in [1.807, 2.05) is 6.92 Å². The molecule has 0 bridgehead atoms. The lowest BCUT2D eigenvalue weighted by molar-refractivity contribution is -0.276. The molecule has 0 amide bonds. The first kappa shape index (κ1) is 25.5. The Hall–Kier alpha value is -3.17. The predicted molar refractivity (Wildman–Crippen MR) is 106 cm³/mol. The van der Waals surface area contributed by atoms with Gasteiger partial charge in [-0.1, -0.05) is 13.3 Å². The molecule has 1 nitrogen and oxygen atoms in total. The Balaban J connectivity index is 1.86. The van der Waals surface area contributed by atoms with Crippen LogP contribution >= 0.6 is 0 Å². The van der Waals surface area contributed by atoms with Crippen LogP contribution in [0.15, 0.2) is 36.4 Å². The fourth-order valence-electron chi connectivity index (χ4n) is 3.56. The summed E-state index contributed by atoms with van der Waals surface area (Å²) in [5.41, 5.74) is -1.35. The molecule has 0 spiro atoms. The largest absolute Gasteiger partial charge is 0.573 e. The van der Waals surface area contributed by atoms with E-state index < -0.39 is 58.1 Å². The number of aryl methyl sites for hydroxylation is 2. The van der Waals surface area contributed by atoms with Gasteiger partial charge in [-0.25, -0.2) is 26.3 Å². The van der Waals surface area contributed by atoms with Gasteiger partial charge in [0.1, 0.15) is 23.3 Å². The highest BCUT2D eigenvalue weighted by molar-refractivity contribution is 5.66. The van der Waals surface area contributed by atoms with Gasteiger partial charge in [-0.05, 0) is 72.4 Å². The van der Waals surface area contributed by atoms with Crippen LogP contribution in [0, 0.1) is 34.9 Å². The molecular weight excluding hydrogens is 475 g/mol. The summed E-state index contributed by atoms with van der Waals surface area (Å²) in [6, 6.07) is 4.62. The lowest BCUT2D eigenvalue weighted by Crippen LogP contribution is -2.19. The molecule has 0 radical (unpaired) electrons. The summed E-state index contributed by atoms with van der Waals surface area (Å²) in [6.07, 6.45) is -4.58. The van der Waals surface area contributed by atoms with E-state index in [2.05, 4.69) is 4.74 Å². The summed E-state index contributed by atoms with van der Waals surface area (Å²) in [5.74, 6) is -9.49.